The molecule has 27 heavy (non-hydrogen) atoms. The molecule has 1 aromatic heterocycles. The van der Waals surface area contributed by atoms with E-state index in [1.54, 1.807) is 17.0 Å². The van der Waals surface area contributed by atoms with Crippen LogP contribution in [0.5, 0.6) is 0 Å². The summed E-state index contributed by atoms with van der Waals surface area (Å²) in [5.74, 6) is 0.0135. The molecule has 0 unspecified atom stereocenters. The maximum atomic E-state index is 13.0. The van der Waals surface area contributed by atoms with E-state index < -0.39 is 0 Å². The molecule has 0 bridgehead atoms. The summed E-state index contributed by atoms with van der Waals surface area (Å²) in [6.07, 6.45) is 0. The van der Waals surface area contributed by atoms with Crippen molar-refractivity contribution in [3.05, 3.63) is 53.8 Å². The molecule has 0 aliphatic carbocycles. The lowest BCUT2D eigenvalue weighted by Crippen LogP contribution is -2.37. The molecule has 3 aromatic rings. The molecule has 4 nitrogen and oxygen atoms in total. The summed E-state index contributed by atoms with van der Waals surface area (Å²) in [5.41, 5.74) is 2.06. The van der Waals surface area contributed by atoms with Crippen molar-refractivity contribution in [3.63, 3.8) is 0 Å². The van der Waals surface area contributed by atoms with E-state index in [0.29, 0.717) is 6.54 Å². The van der Waals surface area contributed by atoms with Crippen LogP contribution in [0.2, 0.25) is 0 Å². The lowest BCUT2D eigenvalue weighted by Gasteiger charge is -2.21. The molecule has 0 N–H and O–H groups in total. The molecule has 2 aromatic carbocycles. The highest BCUT2D eigenvalue weighted by molar-refractivity contribution is 8.00. The van der Waals surface area contributed by atoms with Crippen molar-refractivity contribution in [2.75, 3.05) is 37.8 Å². The van der Waals surface area contributed by atoms with Gasteiger partial charge in [-0.3, -0.25) is 9.69 Å². The number of carbonyl (C=O) groups excluding carboxylic acids is 1. The number of aromatic nitrogens is 1. The Labute approximate surface area is 167 Å². The molecule has 0 saturated carbocycles. The second-order valence-electron chi connectivity index (χ2n) is 6.51. The van der Waals surface area contributed by atoms with E-state index in [0.717, 1.165) is 32.4 Å². The van der Waals surface area contributed by atoms with E-state index in [1.807, 2.05) is 44.1 Å². The number of fused-ring (bicyclic) bond motifs is 1. The third-order valence-corrected chi connectivity index (χ3v) is 6.13. The molecular formula is C20H22FN3OS2. The molecule has 142 valence electrons. The van der Waals surface area contributed by atoms with Gasteiger partial charge in [0.1, 0.15) is 5.82 Å². The smallest absolute Gasteiger partial charge is 0.239 e. The Hall–Kier alpha value is -1.96. The van der Waals surface area contributed by atoms with Crippen molar-refractivity contribution < 1.29 is 9.18 Å². The number of nitrogens with zero attached hydrogens (tertiary/aromatic N) is 3. The van der Waals surface area contributed by atoms with Crippen LogP contribution < -0.4 is 4.90 Å². The van der Waals surface area contributed by atoms with Gasteiger partial charge < -0.3 is 4.90 Å². The minimum Gasteiger partial charge on any atom is -0.308 e. The number of thiazole rings is 1. The Kier molecular flexibility index (Phi) is 6.46. The van der Waals surface area contributed by atoms with Gasteiger partial charge in [0.05, 0.1) is 16.0 Å². The van der Waals surface area contributed by atoms with Gasteiger partial charge in [-0.05, 0) is 56.9 Å². The average molecular weight is 404 g/mol. The summed E-state index contributed by atoms with van der Waals surface area (Å²) < 4.78 is 14.1. The number of hydrogen-bond donors (Lipinski definition) is 0. The van der Waals surface area contributed by atoms with Gasteiger partial charge in [0.2, 0.25) is 5.91 Å². The number of benzene rings is 2. The Morgan fingerprint density at radius 2 is 1.89 bits per heavy atom. The lowest BCUT2D eigenvalue weighted by atomic mass is 10.2. The predicted octanol–water partition coefficient (Wildman–Crippen LogP) is 4.43. The molecule has 0 fully saturated rings. The third-order valence-electron chi connectivity index (χ3n) is 4.09. The maximum Gasteiger partial charge on any atom is 0.239 e. The molecular weight excluding hydrogens is 381 g/mol. The van der Waals surface area contributed by atoms with Gasteiger partial charge in [0.15, 0.2) is 5.13 Å². The number of amides is 1. The van der Waals surface area contributed by atoms with Crippen LogP contribution in [0.15, 0.2) is 47.4 Å². The summed E-state index contributed by atoms with van der Waals surface area (Å²) in [4.78, 5) is 22.3. The van der Waals surface area contributed by atoms with Gasteiger partial charge in [0, 0.05) is 18.0 Å². The largest absolute Gasteiger partial charge is 0.308 e. The van der Waals surface area contributed by atoms with E-state index in [1.165, 1.54) is 35.2 Å². The molecule has 0 spiro atoms. The van der Waals surface area contributed by atoms with Crippen LogP contribution in [0.3, 0.4) is 0 Å². The van der Waals surface area contributed by atoms with Crippen molar-refractivity contribution in [3.8, 4) is 0 Å². The van der Waals surface area contributed by atoms with Gasteiger partial charge >= 0.3 is 0 Å². The van der Waals surface area contributed by atoms with Gasteiger partial charge in [-0.15, -0.1) is 11.8 Å². The summed E-state index contributed by atoms with van der Waals surface area (Å²) in [6.45, 7) is 3.36. The first-order valence-electron chi connectivity index (χ1n) is 8.63. The Bertz CT molecular complexity index is 925. The Balaban J connectivity index is 1.79. The average Bonchev–Trinajstić information content (AvgIpc) is 3.06. The van der Waals surface area contributed by atoms with Crippen LogP contribution in [-0.4, -0.2) is 48.7 Å². The highest BCUT2D eigenvalue weighted by atomic mass is 32.2. The molecule has 1 amide bonds. The summed E-state index contributed by atoms with van der Waals surface area (Å²) in [7, 11) is 3.97. The first-order chi connectivity index (χ1) is 12.9. The Morgan fingerprint density at radius 3 is 2.56 bits per heavy atom. The molecule has 0 radical (unpaired) electrons. The second-order valence-corrected chi connectivity index (χ2v) is 8.57. The summed E-state index contributed by atoms with van der Waals surface area (Å²) in [6, 6.07) is 12.3. The first kappa shape index (κ1) is 19.8. The minimum absolute atomic E-state index is 0.00267. The summed E-state index contributed by atoms with van der Waals surface area (Å²) >= 11 is 2.95. The SMILES string of the molecule is Cc1cccc2sc(N(CCN(C)C)C(=O)CSc3ccc(F)cc3)nc12. The van der Waals surface area contributed by atoms with Gasteiger partial charge in [0.25, 0.3) is 0 Å². The lowest BCUT2D eigenvalue weighted by molar-refractivity contribution is -0.116. The van der Waals surface area contributed by atoms with E-state index in [4.69, 9.17) is 4.98 Å². The van der Waals surface area contributed by atoms with Crippen molar-refractivity contribution in [2.45, 2.75) is 11.8 Å². The quantitative estimate of drug-likeness (QED) is 0.547. The van der Waals surface area contributed by atoms with E-state index in [2.05, 4.69) is 0 Å². The number of likely N-dealkylation sites (N-methyl/N-ethyl adjacent to an activating group) is 1. The molecule has 3 rings (SSSR count). The topological polar surface area (TPSA) is 36.4 Å². The van der Waals surface area contributed by atoms with E-state index in [9.17, 15) is 9.18 Å². The summed E-state index contributed by atoms with van der Waals surface area (Å²) in [5, 5.41) is 0.728. The molecule has 0 saturated heterocycles. The van der Waals surface area contributed by atoms with Crippen molar-refractivity contribution >= 4 is 44.4 Å². The van der Waals surface area contributed by atoms with Crippen LogP contribution in [-0.2, 0) is 4.79 Å². The van der Waals surface area contributed by atoms with Crippen molar-refractivity contribution in [1.82, 2.24) is 9.88 Å². The number of thioether (sulfide) groups is 1. The Morgan fingerprint density at radius 1 is 1.15 bits per heavy atom. The van der Waals surface area contributed by atoms with Crippen LogP contribution in [0, 0.1) is 12.7 Å². The molecule has 7 heteroatoms. The molecule has 0 aliphatic heterocycles. The van der Waals surface area contributed by atoms with Gasteiger partial charge in [-0.1, -0.05) is 23.5 Å². The van der Waals surface area contributed by atoms with Crippen molar-refractivity contribution in [2.24, 2.45) is 0 Å². The fourth-order valence-electron chi connectivity index (χ4n) is 2.57. The van der Waals surface area contributed by atoms with Crippen molar-refractivity contribution in [1.29, 1.82) is 0 Å². The minimum atomic E-state index is -0.275. The van der Waals surface area contributed by atoms with Crippen LogP contribution in [0.25, 0.3) is 10.2 Å². The number of para-hydroxylation sites is 1. The zero-order valence-electron chi connectivity index (χ0n) is 15.6. The fourth-order valence-corrected chi connectivity index (χ4v) is 4.43. The zero-order chi connectivity index (χ0) is 19.4. The predicted molar refractivity (Wildman–Crippen MR) is 112 cm³/mol. The fraction of sp³-hybridized carbons (Fsp3) is 0.300. The molecule has 1 heterocycles. The number of rotatable bonds is 7. The third kappa shape index (κ3) is 5.06. The number of carbonyl (C=O) groups is 1. The van der Waals surface area contributed by atoms with Crippen LogP contribution in [0.4, 0.5) is 9.52 Å². The number of hydrogen-bond acceptors (Lipinski definition) is 5. The monoisotopic (exact) mass is 403 g/mol. The maximum absolute atomic E-state index is 13.0. The van der Waals surface area contributed by atoms with E-state index in [-0.39, 0.29) is 17.5 Å². The van der Waals surface area contributed by atoms with Gasteiger partial charge in [-0.25, -0.2) is 9.37 Å². The highest BCUT2D eigenvalue weighted by Crippen LogP contribution is 2.31. The zero-order valence-corrected chi connectivity index (χ0v) is 17.2. The molecule has 0 aliphatic rings. The highest BCUT2D eigenvalue weighted by Gasteiger charge is 2.20. The van der Waals surface area contributed by atoms with Crippen LogP contribution in [0.1, 0.15) is 5.56 Å². The number of aryl methyl sites for hydroxylation is 1. The van der Waals surface area contributed by atoms with Crippen LogP contribution >= 0.6 is 23.1 Å². The normalized spacial score (nSPS) is 11.3. The first-order valence-corrected chi connectivity index (χ1v) is 10.4. The molecule has 0 atom stereocenters. The van der Waals surface area contributed by atoms with E-state index >= 15 is 0 Å². The second kappa shape index (κ2) is 8.82. The number of anilines is 1. The number of halogens is 1. The van der Waals surface area contributed by atoms with Gasteiger partial charge in [-0.2, -0.15) is 0 Å². The standard InChI is InChI=1S/C20H22FN3OS2/c1-14-5-4-6-17-19(14)22-20(27-17)24(12-11-23(2)3)18(25)13-26-16-9-7-15(21)8-10-16/h4-10H,11-13H2,1-3H3.